The molecular formula is C22H25N3O2S. The second-order valence-corrected chi connectivity index (χ2v) is 7.70. The van der Waals surface area contributed by atoms with Gasteiger partial charge in [-0.15, -0.1) is 11.3 Å². The number of ether oxygens (including phenoxy) is 1. The highest BCUT2D eigenvalue weighted by Gasteiger charge is 2.12. The lowest BCUT2D eigenvalue weighted by Crippen LogP contribution is -2.30. The highest BCUT2D eigenvalue weighted by Crippen LogP contribution is 2.27. The van der Waals surface area contributed by atoms with Crippen molar-refractivity contribution in [1.82, 2.24) is 9.88 Å². The average Bonchev–Trinajstić information content (AvgIpc) is 3.13. The SMILES string of the molecule is COc1cccc(-c2nc(CN(C)CC(=O)Nc3cccc(C)c3C)cs2)c1. The lowest BCUT2D eigenvalue weighted by Gasteiger charge is -2.16. The summed E-state index contributed by atoms with van der Waals surface area (Å²) < 4.78 is 5.28. The first kappa shape index (κ1) is 20.0. The number of carbonyl (C=O) groups is 1. The van der Waals surface area contributed by atoms with Crippen molar-refractivity contribution in [2.24, 2.45) is 0 Å². The molecule has 2 aromatic carbocycles. The maximum Gasteiger partial charge on any atom is 0.238 e. The molecule has 0 aliphatic carbocycles. The van der Waals surface area contributed by atoms with Gasteiger partial charge in [-0.1, -0.05) is 24.3 Å². The Kier molecular flexibility index (Phi) is 6.44. The zero-order valence-corrected chi connectivity index (χ0v) is 17.5. The number of nitrogens with one attached hydrogen (secondary N) is 1. The molecule has 0 fully saturated rings. The van der Waals surface area contributed by atoms with Gasteiger partial charge in [-0.3, -0.25) is 9.69 Å². The Labute approximate surface area is 170 Å². The molecule has 28 heavy (non-hydrogen) atoms. The molecule has 0 saturated heterocycles. The number of aryl methyl sites for hydroxylation is 1. The zero-order valence-electron chi connectivity index (χ0n) is 16.7. The van der Waals surface area contributed by atoms with Crippen molar-refractivity contribution in [2.75, 3.05) is 26.0 Å². The smallest absolute Gasteiger partial charge is 0.238 e. The molecule has 0 aliphatic rings. The van der Waals surface area contributed by atoms with E-state index < -0.39 is 0 Å². The Morgan fingerprint density at radius 1 is 1.21 bits per heavy atom. The Bertz CT molecular complexity index is 968. The van der Waals surface area contributed by atoms with Crippen LogP contribution in [0.4, 0.5) is 5.69 Å². The molecule has 3 aromatic rings. The first-order valence-corrected chi connectivity index (χ1v) is 9.97. The Hall–Kier alpha value is -2.70. The van der Waals surface area contributed by atoms with Crippen molar-refractivity contribution in [3.8, 4) is 16.3 Å². The molecule has 1 amide bonds. The van der Waals surface area contributed by atoms with Crippen LogP contribution in [-0.2, 0) is 11.3 Å². The van der Waals surface area contributed by atoms with Crippen LogP contribution in [0.5, 0.6) is 5.75 Å². The number of hydrogen-bond donors (Lipinski definition) is 1. The van der Waals surface area contributed by atoms with E-state index in [1.165, 1.54) is 5.56 Å². The first-order valence-electron chi connectivity index (χ1n) is 9.09. The molecule has 5 nitrogen and oxygen atoms in total. The summed E-state index contributed by atoms with van der Waals surface area (Å²) in [6.07, 6.45) is 0. The van der Waals surface area contributed by atoms with Crippen LogP contribution in [0.15, 0.2) is 47.8 Å². The highest BCUT2D eigenvalue weighted by atomic mass is 32.1. The second kappa shape index (κ2) is 8.99. The summed E-state index contributed by atoms with van der Waals surface area (Å²) in [5.41, 5.74) is 5.11. The number of methoxy groups -OCH3 is 1. The van der Waals surface area contributed by atoms with E-state index in [0.29, 0.717) is 13.1 Å². The van der Waals surface area contributed by atoms with Gasteiger partial charge in [-0.05, 0) is 50.2 Å². The third-order valence-corrected chi connectivity index (χ3v) is 5.53. The fourth-order valence-electron chi connectivity index (χ4n) is 2.92. The van der Waals surface area contributed by atoms with Gasteiger partial charge in [0.25, 0.3) is 0 Å². The topological polar surface area (TPSA) is 54.5 Å². The van der Waals surface area contributed by atoms with Crippen molar-refractivity contribution in [1.29, 1.82) is 0 Å². The number of thiazole rings is 1. The van der Waals surface area contributed by atoms with Crippen LogP contribution in [0.2, 0.25) is 0 Å². The van der Waals surface area contributed by atoms with Gasteiger partial charge in [0.2, 0.25) is 5.91 Å². The summed E-state index contributed by atoms with van der Waals surface area (Å²) in [4.78, 5) is 19.1. The number of nitrogens with zero attached hydrogens (tertiary/aromatic N) is 2. The monoisotopic (exact) mass is 395 g/mol. The standard InChI is InChI=1S/C22H25N3O2S/c1-15-7-5-10-20(16(15)2)24-21(26)13-25(3)12-18-14-28-22(23-18)17-8-6-9-19(11-17)27-4/h5-11,14H,12-13H2,1-4H3,(H,24,26). The quantitative estimate of drug-likeness (QED) is 0.640. The van der Waals surface area contributed by atoms with E-state index in [2.05, 4.69) is 5.32 Å². The number of carbonyl (C=O) groups excluding carboxylic acids is 1. The summed E-state index contributed by atoms with van der Waals surface area (Å²) in [6.45, 7) is 4.98. The normalized spacial score (nSPS) is 10.9. The molecular weight excluding hydrogens is 370 g/mol. The van der Waals surface area contributed by atoms with Crippen LogP contribution in [-0.4, -0.2) is 36.5 Å². The van der Waals surface area contributed by atoms with Gasteiger partial charge in [0.15, 0.2) is 0 Å². The largest absolute Gasteiger partial charge is 0.497 e. The van der Waals surface area contributed by atoms with E-state index in [-0.39, 0.29) is 5.91 Å². The number of amides is 1. The molecule has 146 valence electrons. The lowest BCUT2D eigenvalue weighted by molar-refractivity contribution is -0.117. The lowest BCUT2D eigenvalue weighted by atomic mass is 10.1. The maximum absolute atomic E-state index is 12.4. The van der Waals surface area contributed by atoms with Gasteiger partial charge in [-0.2, -0.15) is 0 Å². The summed E-state index contributed by atoms with van der Waals surface area (Å²) in [6, 6.07) is 13.8. The van der Waals surface area contributed by atoms with Crippen molar-refractivity contribution in [2.45, 2.75) is 20.4 Å². The molecule has 0 aliphatic heterocycles. The Morgan fingerprint density at radius 2 is 2.00 bits per heavy atom. The van der Waals surface area contributed by atoms with Gasteiger partial charge in [0.1, 0.15) is 10.8 Å². The fraction of sp³-hybridized carbons (Fsp3) is 0.273. The van der Waals surface area contributed by atoms with Gasteiger partial charge >= 0.3 is 0 Å². The van der Waals surface area contributed by atoms with Crippen LogP contribution >= 0.6 is 11.3 Å². The second-order valence-electron chi connectivity index (χ2n) is 6.84. The van der Waals surface area contributed by atoms with Crippen LogP contribution in [0.3, 0.4) is 0 Å². The van der Waals surface area contributed by atoms with Crippen molar-refractivity contribution in [3.63, 3.8) is 0 Å². The number of rotatable bonds is 7. The van der Waals surface area contributed by atoms with Gasteiger partial charge in [-0.25, -0.2) is 4.98 Å². The summed E-state index contributed by atoms with van der Waals surface area (Å²) >= 11 is 1.59. The van der Waals surface area contributed by atoms with Crippen LogP contribution in [0.25, 0.3) is 10.6 Å². The van der Waals surface area contributed by atoms with Crippen LogP contribution < -0.4 is 10.1 Å². The minimum atomic E-state index is -0.0283. The number of benzene rings is 2. The average molecular weight is 396 g/mol. The summed E-state index contributed by atoms with van der Waals surface area (Å²) in [7, 11) is 3.58. The van der Waals surface area contributed by atoms with E-state index in [1.807, 2.05) is 73.6 Å². The molecule has 0 unspecified atom stereocenters. The Morgan fingerprint density at radius 3 is 2.79 bits per heavy atom. The molecule has 3 rings (SSSR count). The Balaban J connectivity index is 1.59. The fourth-order valence-corrected chi connectivity index (χ4v) is 3.73. The molecule has 0 spiro atoms. The van der Waals surface area contributed by atoms with Crippen LogP contribution in [0.1, 0.15) is 16.8 Å². The number of anilines is 1. The summed E-state index contributed by atoms with van der Waals surface area (Å²) in [5, 5.41) is 5.98. The molecule has 1 aromatic heterocycles. The maximum atomic E-state index is 12.4. The van der Waals surface area contributed by atoms with E-state index in [0.717, 1.165) is 33.3 Å². The molecule has 1 N–H and O–H groups in total. The number of likely N-dealkylation sites (N-methyl/N-ethyl adjacent to an activating group) is 1. The van der Waals surface area contributed by atoms with Crippen molar-refractivity contribution in [3.05, 3.63) is 64.7 Å². The third-order valence-electron chi connectivity index (χ3n) is 4.59. The van der Waals surface area contributed by atoms with Gasteiger partial charge < -0.3 is 10.1 Å². The summed E-state index contributed by atoms with van der Waals surface area (Å²) in [5.74, 6) is 0.786. The van der Waals surface area contributed by atoms with Crippen molar-refractivity contribution >= 4 is 22.9 Å². The zero-order chi connectivity index (χ0) is 20.1. The predicted molar refractivity (Wildman–Crippen MR) is 115 cm³/mol. The molecule has 1 heterocycles. The minimum absolute atomic E-state index is 0.0283. The van der Waals surface area contributed by atoms with E-state index >= 15 is 0 Å². The molecule has 0 radical (unpaired) electrons. The van der Waals surface area contributed by atoms with Crippen molar-refractivity contribution < 1.29 is 9.53 Å². The van der Waals surface area contributed by atoms with Crippen LogP contribution in [0, 0.1) is 13.8 Å². The van der Waals surface area contributed by atoms with E-state index in [1.54, 1.807) is 18.4 Å². The molecule has 6 heteroatoms. The predicted octanol–water partition coefficient (Wildman–Crippen LogP) is 4.51. The minimum Gasteiger partial charge on any atom is -0.497 e. The molecule has 0 saturated carbocycles. The van der Waals surface area contributed by atoms with E-state index in [4.69, 9.17) is 9.72 Å². The first-order chi connectivity index (χ1) is 13.5. The third kappa shape index (κ3) is 4.97. The van der Waals surface area contributed by atoms with E-state index in [9.17, 15) is 4.79 Å². The molecule has 0 atom stereocenters. The number of hydrogen-bond acceptors (Lipinski definition) is 5. The van der Waals surface area contributed by atoms with Gasteiger partial charge in [0.05, 0.1) is 19.3 Å². The highest BCUT2D eigenvalue weighted by molar-refractivity contribution is 7.13. The van der Waals surface area contributed by atoms with Gasteiger partial charge in [0, 0.05) is 23.2 Å². The number of aromatic nitrogens is 1. The molecule has 0 bridgehead atoms.